The van der Waals surface area contributed by atoms with Crippen LogP contribution in [0.4, 0.5) is 4.79 Å². The quantitative estimate of drug-likeness (QED) is 0.579. The standard InChI is InChI=1S/C17H24Cl2N2O5/c1-9(22)14(21-16(25)26-17(2,3)4)15(24)20-8-13(23)11-6-5-10(18)7-12(11)19/h5-7,9,13-14,22-23H,8H2,1-4H3,(H,20,24)(H,21,25). The molecule has 4 N–H and O–H groups in total. The molecule has 3 unspecified atom stereocenters. The summed E-state index contributed by atoms with van der Waals surface area (Å²) in [5.41, 5.74) is -0.351. The third kappa shape index (κ3) is 7.37. The Balaban J connectivity index is 2.68. The first-order chi connectivity index (χ1) is 11.9. The smallest absolute Gasteiger partial charge is 0.408 e. The SMILES string of the molecule is CC(O)C(NC(=O)OC(C)(C)C)C(=O)NCC(O)c1ccc(Cl)cc1Cl. The van der Waals surface area contributed by atoms with Crippen LogP contribution in [0.1, 0.15) is 39.4 Å². The molecule has 0 bridgehead atoms. The molecule has 9 heteroatoms. The molecule has 0 saturated heterocycles. The van der Waals surface area contributed by atoms with Crippen LogP contribution in [-0.4, -0.2) is 46.5 Å². The van der Waals surface area contributed by atoms with Crippen LogP contribution < -0.4 is 10.6 Å². The number of amides is 2. The van der Waals surface area contributed by atoms with Gasteiger partial charge in [-0.2, -0.15) is 0 Å². The molecule has 3 atom stereocenters. The first kappa shape index (κ1) is 22.5. The molecule has 0 radical (unpaired) electrons. The van der Waals surface area contributed by atoms with Gasteiger partial charge in [-0.25, -0.2) is 4.79 Å². The van der Waals surface area contributed by atoms with Crippen LogP contribution in [0, 0.1) is 0 Å². The Bertz CT molecular complexity index is 647. The largest absolute Gasteiger partial charge is 0.444 e. The number of ether oxygens (including phenoxy) is 1. The second-order valence-electron chi connectivity index (χ2n) is 6.79. The van der Waals surface area contributed by atoms with E-state index in [9.17, 15) is 19.8 Å². The van der Waals surface area contributed by atoms with Gasteiger partial charge in [0.15, 0.2) is 0 Å². The van der Waals surface area contributed by atoms with Gasteiger partial charge in [-0.05, 0) is 39.8 Å². The van der Waals surface area contributed by atoms with Crippen molar-refractivity contribution >= 4 is 35.2 Å². The van der Waals surface area contributed by atoms with Gasteiger partial charge in [0.25, 0.3) is 0 Å². The van der Waals surface area contributed by atoms with Crippen LogP contribution in [0.25, 0.3) is 0 Å². The first-order valence-electron chi connectivity index (χ1n) is 7.99. The molecule has 0 spiro atoms. The van der Waals surface area contributed by atoms with E-state index in [1.165, 1.54) is 13.0 Å². The van der Waals surface area contributed by atoms with Gasteiger partial charge in [-0.3, -0.25) is 4.79 Å². The lowest BCUT2D eigenvalue weighted by atomic mass is 10.1. The van der Waals surface area contributed by atoms with Gasteiger partial charge in [0.05, 0.1) is 12.2 Å². The second-order valence-corrected chi connectivity index (χ2v) is 7.63. The molecule has 1 aromatic carbocycles. The highest BCUT2D eigenvalue weighted by molar-refractivity contribution is 6.35. The average molecular weight is 407 g/mol. The molecule has 1 aromatic rings. The fourth-order valence-electron chi connectivity index (χ4n) is 2.03. The van der Waals surface area contributed by atoms with Crippen molar-refractivity contribution in [3.63, 3.8) is 0 Å². The fourth-order valence-corrected chi connectivity index (χ4v) is 2.56. The predicted octanol–water partition coefficient (Wildman–Crippen LogP) is 2.42. The molecule has 26 heavy (non-hydrogen) atoms. The average Bonchev–Trinajstić information content (AvgIpc) is 2.48. The van der Waals surface area contributed by atoms with Crippen molar-refractivity contribution in [3.8, 4) is 0 Å². The van der Waals surface area contributed by atoms with E-state index in [1.807, 2.05) is 0 Å². The highest BCUT2D eigenvalue weighted by Crippen LogP contribution is 2.25. The van der Waals surface area contributed by atoms with Crippen molar-refractivity contribution in [2.75, 3.05) is 6.54 Å². The summed E-state index contributed by atoms with van der Waals surface area (Å²) in [5, 5.41) is 25.4. The van der Waals surface area contributed by atoms with Gasteiger partial charge in [0, 0.05) is 22.2 Å². The van der Waals surface area contributed by atoms with E-state index in [0.29, 0.717) is 10.6 Å². The third-order valence-corrected chi connectivity index (χ3v) is 3.79. The Morgan fingerprint density at radius 1 is 1.23 bits per heavy atom. The zero-order chi connectivity index (χ0) is 20.1. The lowest BCUT2D eigenvalue weighted by Crippen LogP contribution is -2.53. The number of rotatable bonds is 6. The molecule has 0 heterocycles. The summed E-state index contributed by atoms with van der Waals surface area (Å²) in [5.74, 6) is -0.671. The number of aliphatic hydroxyl groups excluding tert-OH is 2. The Kier molecular flexibility index (Phi) is 8.15. The van der Waals surface area contributed by atoms with Crippen molar-refractivity contribution in [1.82, 2.24) is 10.6 Å². The Morgan fingerprint density at radius 2 is 1.85 bits per heavy atom. The molecule has 0 aliphatic heterocycles. The van der Waals surface area contributed by atoms with E-state index in [1.54, 1.807) is 32.9 Å². The maximum absolute atomic E-state index is 12.3. The molecule has 0 aliphatic rings. The molecular weight excluding hydrogens is 383 g/mol. The van der Waals surface area contributed by atoms with E-state index in [-0.39, 0.29) is 11.6 Å². The molecular formula is C17H24Cl2N2O5. The van der Waals surface area contributed by atoms with Gasteiger partial charge >= 0.3 is 6.09 Å². The minimum absolute atomic E-state index is 0.167. The Morgan fingerprint density at radius 3 is 2.35 bits per heavy atom. The Labute approximate surface area is 162 Å². The predicted molar refractivity (Wildman–Crippen MR) is 99.3 cm³/mol. The van der Waals surface area contributed by atoms with Gasteiger partial charge in [-0.15, -0.1) is 0 Å². The first-order valence-corrected chi connectivity index (χ1v) is 8.74. The maximum Gasteiger partial charge on any atom is 0.408 e. The number of halogens is 2. The molecule has 146 valence electrons. The lowest BCUT2D eigenvalue weighted by Gasteiger charge is -2.25. The van der Waals surface area contributed by atoms with Crippen molar-refractivity contribution in [1.29, 1.82) is 0 Å². The van der Waals surface area contributed by atoms with Gasteiger partial charge in [-0.1, -0.05) is 29.3 Å². The highest BCUT2D eigenvalue weighted by Gasteiger charge is 2.28. The number of aliphatic hydroxyl groups is 2. The van der Waals surface area contributed by atoms with Gasteiger partial charge < -0.3 is 25.6 Å². The minimum atomic E-state index is -1.24. The number of carbonyl (C=O) groups excluding carboxylic acids is 2. The molecule has 0 fully saturated rings. The van der Waals surface area contributed by atoms with E-state index in [0.717, 1.165) is 0 Å². The minimum Gasteiger partial charge on any atom is -0.444 e. The van der Waals surface area contributed by atoms with E-state index < -0.39 is 35.9 Å². The summed E-state index contributed by atoms with van der Waals surface area (Å²) in [7, 11) is 0. The monoisotopic (exact) mass is 406 g/mol. The van der Waals surface area contributed by atoms with Crippen LogP contribution in [-0.2, 0) is 9.53 Å². The number of carbonyl (C=O) groups is 2. The Hall–Kier alpha value is -1.54. The maximum atomic E-state index is 12.3. The summed E-state index contributed by atoms with van der Waals surface area (Å²) in [6.45, 7) is 6.22. The molecule has 1 rings (SSSR count). The molecule has 0 aliphatic carbocycles. The molecule has 2 amide bonds. The third-order valence-electron chi connectivity index (χ3n) is 3.23. The topological polar surface area (TPSA) is 108 Å². The van der Waals surface area contributed by atoms with Crippen molar-refractivity contribution < 1.29 is 24.5 Å². The van der Waals surface area contributed by atoms with Crippen molar-refractivity contribution in [2.24, 2.45) is 0 Å². The van der Waals surface area contributed by atoms with Crippen molar-refractivity contribution in [3.05, 3.63) is 33.8 Å². The van der Waals surface area contributed by atoms with Crippen LogP contribution in [0.2, 0.25) is 10.0 Å². The molecule has 0 aromatic heterocycles. The number of nitrogens with one attached hydrogen (secondary N) is 2. The summed E-state index contributed by atoms with van der Waals surface area (Å²) in [6.07, 6.45) is -3.08. The van der Waals surface area contributed by atoms with E-state index in [4.69, 9.17) is 27.9 Å². The van der Waals surface area contributed by atoms with Crippen molar-refractivity contribution in [2.45, 2.75) is 51.5 Å². The highest BCUT2D eigenvalue weighted by atomic mass is 35.5. The molecule has 7 nitrogen and oxygen atoms in total. The summed E-state index contributed by atoms with van der Waals surface area (Å²) >= 11 is 11.8. The number of hydrogen-bond acceptors (Lipinski definition) is 5. The summed E-state index contributed by atoms with van der Waals surface area (Å²) in [6, 6.07) is 3.35. The van der Waals surface area contributed by atoms with Crippen LogP contribution >= 0.6 is 23.2 Å². The number of alkyl carbamates (subject to hydrolysis) is 1. The fraction of sp³-hybridized carbons (Fsp3) is 0.529. The zero-order valence-corrected chi connectivity index (χ0v) is 16.6. The normalized spacial score (nSPS) is 14.9. The summed E-state index contributed by atoms with van der Waals surface area (Å²) < 4.78 is 5.07. The molecule has 0 saturated carbocycles. The lowest BCUT2D eigenvalue weighted by molar-refractivity contribution is -0.126. The zero-order valence-electron chi connectivity index (χ0n) is 15.0. The van der Waals surface area contributed by atoms with Crippen LogP contribution in [0.3, 0.4) is 0 Å². The van der Waals surface area contributed by atoms with E-state index in [2.05, 4.69) is 10.6 Å². The van der Waals surface area contributed by atoms with Gasteiger partial charge in [0.1, 0.15) is 11.6 Å². The van der Waals surface area contributed by atoms with Crippen LogP contribution in [0.5, 0.6) is 0 Å². The number of hydrogen-bond donors (Lipinski definition) is 4. The van der Waals surface area contributed by atoms with Crippen LogP contribution in [0.15, 0.2) is 18.2 Å². The van der Waals surface area contributed by atoms with E-state index >= 15 is 0 Å². The number of benzene rings is 1. The summed E-state index contributed by atoms with van der Waals surface area (Å²) in [4.78, 5) is 24.1. The second kappa shape index (κ2) is 9.41. The van der Waals surface area contributed by atoms with Gasteiger partial charge in [0.2, 0.25) is 5.91 Å².